The number of amides is 2. The number of hydrogen-bond donors (Lipinski definition) is 3. The predicted molar refractivity (Wildman–Crippen MR) is 181 cm³/mol. The van der Waals surface area contributed by atoms with Crippen LogP contribution < -0.4 is 10.6 Å². The minimum atomic E-state index is -5.90. The van der Waals surface area contributed by atoms with Gasteiger partial charge in [-0.3, -0.25) is 4.79 Å². The number of alkyl halides is 5. The maximum atomic E-state index is 15.2. The Morgan fingerprint density at radius 2 is 1.71 bits per heavy atom. The Hall–Kier alpha value is -4.32. The molecule has 6 rings (SSSR count). The number of halogens is 5. The molecule has 0 saturated heterocycles. The maximum absolute atomic E-state index is 15.2. The third kappa shape index (κ3) is 6.51. The van der Waals surface area contributed by atoms with Crippen LogP contribution in [-0.4, -0.2) is 53.7 Å². The molecule has 0 bridgehead atoms. The average Bonchev–Trinajstić information content (AvgIpc) is 3.37. The molecule has 4 aliphatic rings. The van der Waals surface area contributed by atoms with Crippen LogP contribution in [0.1, 0.15) is 86.2 Å². The summed E-state index contributed by atoms with van der Waals surface area (Å²) in [5.74, 6) is -7.10. The molecule has 0 spiro atoms. The monoisotopic (exact) mass is 712 g/mol. The zero-order valence-corrected chi connectivity index (χ0v) is 28.4. The van der Waals surface area contributed by atoms with Gasteiger partial charge in [0, 0.05) is 30.0 Å². The van der Waals surface area contributed by atoms with Gasteiger partial charge in [-0.2, -0.15) is 22.0 Å². The highest BCUT2D eigenvalue weighted by Gasteiger charge is 2.79. The number of allylic oxidation sites excluding steroid dienone is 4. The summed E-state index contributed by atoms with van der Waals surface area (Å²) < 4.78 is 76.9. The van der Waals surface area contributed by atoms with Crippen LogP contribution >= 0.6 is 0 Å². The molecule has 0 aliphatic heterocycles. The van der Waals surface area contributed by atoms with E-state index in [1.54, 1.807) is 49.4 Å². The molecular formula is C39H41F5N2O5. The molecule has 2 amide bonds. The number of ether oxygens (including phenoxy) is 1. The summed E-state index contributed by atoms with van der Waals surface area (Å²) in [6.07, 6.45) is 0.472. The normalized spacial score (nSPS) is 27.7. The summed E-state index contributed by atoms with van der Waals surface area (Å²) in [5, 5.41) is 16.9. The van der Waals surface area contributed by atoms with E-state index in [9.17, 15) is 32.7 Å². The standard InChI is InChI=1S/C39H41F5N2O5/c1-3-51-34(48)25-10-13-27(14-11-25)46-35(49)45-20-4-5-23-6-8-24(9-7-23)31-22-36(2)32(18-19-37(36,50)38(40,41)39(42,43)44)30-16-12-26-21-28(47)15-17-29(26)33(30)31/h4-11,13-14,21,30-32,50H,3,12,15-20,22H2,1-2H3,(H2,45,46,49)/b5-4+/t30-,31+,32-,36-,37-/m0/s1. The number of hydrogen-bond acceptors (Lipinski definition) is 5. The van der Waals surface area contributed by atoms with Crippen molar-refractivity contribution < 1.29 is 46.2 Å². The van der Waals surface area contributed by atoms with Crippen LogP contribution in [-0.2, 0) is 9.53 Å². The van der Waals surface area contributed by atoms with Crippen molar-refractivity contribution in [3.05, 3.63) is 94.1 Å². The number of esters is 1. The molecule has 2 fully saturated rings. The molecule has 12 heteroatoms. The highest BCUT2D eigenvalue weighted by Crippen LogP contribution is 2.70. The van der Waals surface area contributed by atoms with Gasteiger partial charge in [-0.1, -0.05) is 48.9 Å². The fourth-order valence-electron chi connectivity index (χ4n) is 8.98. The van der Waals surface area contributed by atoms with Crippen molar-refractivity contribution in [2.75, 3.05) is 18.5 Å². The molecule has 2 saturated carbocycles. The number of aliphatic hydroxyl groups is 1. The second-order valence-electron chi connectivity index (χ2n) is 14.2. The second-order valence-corrected chi connectivity index (χ2v) is 14.2. The summed E-state index contributed by atoms with van der Waals surface area (Å²) in [4.78, 5) is 36.5. The molecule has 4 aliphatic carbocycles. The molecule has 3 N–H and O–H groups in total. The van der Waals surface area contributed by atoms with Crippen molar-refractivity contribution in [3.63, 3.8) is 0 Å². The largest absolute Gasteiger partial charge is 0.462 e. The molecule has 7 nitrogen and oxygen atoms in total. The summed E-state index contributed by atoms with van der Waals surface area (Å²) in [7, 11) is 0. The van der Waals surface area contributed by atoms with Gasteiger partial charge in [0.15, 0.2) is 5.78 Å². The molecule has 2 aromatic rings. The number of nitrogens with one attached hydrogen (secondary N) is 2. The fraction of sp³-hybridized carbons (Fsp3) is 0.462. The lowest BCUT2D eigenvalue weighted by Gasteiger charge is -2.56. The SMILES string of the molecule is CCOC(=O)c1ccc(NC(=O)NC/C=C/c2ccc([C@H]3C[C@@]4(C)[C@@H](CC[C@@]4(O)C(F)(F)C(F)(F)F)[C@@H]4CCC5=CC(=O)CCC5=C43)cc2)cc1. The van der Waals surface area contributed by atoms with E-state index in [1.807, 2.05) is 24.3 Å². The first kappa shape index (κ1) is 36.5. The van der Waals surface area contributed by atoms with Crippen LogP contribution in [0.5, 0.6) is 0 Å². The minimum Gasteiger partial charge on any atom is -0.462 e. The zero-order chi connectivity index (χ0) is 36.8. The van der Waals surface area contributed by atoms with E-state index >= 15 is 8.78 Å². The van der Waals surface area contributed by atoms with Crippen LogP contribution in [0.2, 0.25) is 0 Å². The number of urea groups is 1. The van der Waals surface area contributed by atoms with E-state index < -0.39 is 53.4 Å². The molecule has 272 valence electrons. The highest BCUT2D eigenvalue weighted by atomic mass is 19.4. The van der Waals surface area contributed by atoms with Crippen molar-refractivity contribution in [1.29, 1.82) is 0 Å². The number of ketones is 1. The Morgan fingerprint density at radius 1 is 1.00 bits per heavy atom. The zero-order valence-electron chi connectivity index (χ0n) is 28.4. The van der Waals surface area contributed by atoms with Crippen LogP contribution in [0.15, 0.2) is 77.4 Å². The molecule has 0 heterocycles. The van der Waals surface area contributed by atoms with Crippen LogP contribution in [0.25, 0.3) is 6.08 Å². The number of benzene rings is 2. The quantitative estimate of drug-likeness (QED) is 0.188. The second kappa shape index (κ2) is 13.7. The van der Waals surface area contributed by atoms with E-state index in [1.165, 1.54) is 6.92 Å². The van der Waals surface area contributed by atoms with Gasteiger partial charge in [-0.15, -0.1) is 0 Å². The number of carbonyl (C=O) groups is 3. The third-order valence-corrected chi connectivity index (χ3v) is 11.4. The van der Waals surface area contributed by atoms with Crippen molar-refractivity contribution >= 4 is 29.5 Å². The van der Waals surface area contributed by atoms with Gasteiger partial charge in [-0.05, 0) is 110 Å². The highest BCUT2D eigenvalue weighted by molar-refractivity contribution is 5.93. The van der Waals surface area contributed by atoms with Crippen molar-refractivity contribution in [3.8, 4) is 0 Å². The van der Waals surface area contributed by atoms with E-state index in [0.717, 1.165) is 27.8 Å². The van der Waals surface area contributed by atoms with Crippen LogP contribution in [0.4, 0.5) is 32.4 Å². The smallest absolute Gasteiger partial charge is 0.456 e. The van der Waals surface area contributed by atoms with E-state index in [0.29, 0.717) is 36.9 Å². The van der Waals surface area contributed by atoms with Gasteiger partial charge in [-0.25, -0.2) is 9.59 Å². The first-order chi connectivity index (χ1) is 24.1. The molecule has 0 radical (unpaired) electrons. The van der Waals surface area contributed by atoms with E-state index in [2.05, 4.69) is 10.6 Å². The minimum absolute atomic E-state index is 0.0258. The topological polar surface area (TPSA) is 105 Å². The van der Waals surface area contributed by atoms with Crippen molar-refractivity contribution in [2.24, 2.45) is 17.3 Å². The maximum Gasteiger partial charge on any atom is 0.456 e. The molecule has 2 aromatic carbocycles. The van der Waals surface area contributed by atoms with Gasteiger partial charge >= 0.3 is 24.1 Å². The molecule has 0 unspecified atom stereocenters. The van der Waals surface area contributed by atoms with Gasteiger partial charge in [0.25, 0.3) is 0 Å². The summed E-state index contributed by atoms with van der Waals surface area (Å²) in [6.45, 7) is 3.56. The van der Waals surface area contributed by atoms with E-state index in [4.69, 9.17) is 4.74 Å². The van der Waals surface area contributed by atoms with Gasteiger partial charge in [0.2, 0.25) is 0 Å². The van der Waals surface area contributed by atoms with E-state index in [-0.39, 0.29) is 37.7 Å². The number of fused-ring (bicyclic) bond motifs is 4. The Morgan fingerprint density at radius 3 is 2.37 bits per heavy atom. The van der Waals surface area contributed by atoms with Gasteiger partial charge in [0.05, 0.1) is 12.2 Å². The van der Waals surface area contributed by atoms with Crippen LogP contribution in [0.3, 0.4) is 0 Å². The lowest BCUT2D eigenvalue weighted by atomic mass is 9.50. The lowest BCUT2D eigenvalue weighted by molar-refractivity contribution is -0.362. The van der Waals surface area contributed by atoms with Crippen molar-refractivity contribution in [1.82, 2.24) is 5.32 Å². The first-order valence-electron chi connectivity index (χ1n) is 17.3. The molecule has 0 aromatic heterocycles. The Labute approximate surface area is 293 Å². The Bertz CT molecular complexity index is 1780. The Kier molecular flexibility index (Phi) is 9.77. The van der Waals surface area contributed by atoms with Gasteiger partial charge in [0.1, 0.15) is 5.60 Å². The fourth-order valence-corrected chi connectivity index (χ4v) is 8.98. The van der Waals surface area contributed by atoms with Gasteiger partial charge < -0.3 is 20.5 Å². The lowest BCUT2D eigenvalue weighted by Crippen LogP contribution is -2.65. The average molecular weight is 713 g/mol. The predicted octanol–water partition coefficient (Wildman–Crippen LogP) is 8.53. The molecule has 5 atom stereocenters. The van der Waals surface area contributed by atoms with Crippen molar-refractivity contribution in [2.45, 2.75) is 82.4 Å². The first-order valence-corrected chi connectivity index (χ1v) is 17.3. The molecule has 51 heavy (non-hydrogen) atoms. The number of carbonyl (C=O) groups excluding carboxylic acids is 3. The summed E-state index contributed by atoms with van der Waals surface area (Å²) >= 11 is 0. The summed E-state index contributed by atoms with van der Waals surface area (Å²) in [6, 6.07) is 13.1. The third-order valence-electron chi connectivity index (χ3n) is 11.4. The molecular weight excluding hydrogens is 671 g/mol. The van der Waals surface area contributed by atoms with Crippen LogP contribution in [0, 0.1) is 17.3 Å². The summed E-state index contributed by atoms with van der Waals surface area (Å²) in [5.41, 5.74) is 0.339. The Balaban J connectivity index is 1.20. The number of anilines is 1. The number of rotatable bonds is 8.